The number of rotatable bonds is 6. The van der Waals surface area contributed by atoms with Gasteiger partial charge in [0.2, 0.25) is 0 Å². The van der Waals surface area contributed by atoms with Crippen LogP contribution in [0.2, 0.25) is 0 Å². The quantitative estimate of drug-likeness (QED) is 0.810. The van der Waals surface area contributed by atoms with E-state index in [-0.39, 0.29) is 0 Å². The topological polar surface area (TPSA) is 32.3 Å². The molecule has 1 saturated carbocycles. The van der Waals surface area contributed by atoms with Crippen LogP contribution in [0.1, 0.15) is 43.2 Å². The lowest BCUT2D eigenvalue weighted by molar-refractivity contribution is 0.240. The molecule has 0 heterocycles. The number of benzene rings is 1. The average molecular weight is 247 g/mol. The summed E-state index contributed by atoms with van der Waals surface area (Å²) >= 11 is 0. The van der Waals surface area contributed by atoms with Crippen LogP contribution in [0.15, 0.2) is 24.3 Å². The van der Waals surface area contributed by atoms with E-state index in [1.807, 2.05) is 0 Å². The predicted octanol–water partition coefficient (Wildman–Crippen LogP) is 2.85. The van der Waals surface area contributed by atoms with Gasteiger partial charge in [-0.05, 0) is 50.1 Å². The van der Waals surface area contributed by atoms with E-state index < -0.39 is 0 Å². The maximum atomic E-state index is 8.86. The fourth-order valence-electron chi connectivity index (χ4n) is 2.59. The van der Waals surface area contributed by atoms with Gasteiger partial charge in [0.1, 0.15) is 0 Å². The summed E-state index contributed by atoms with van der Waals surface area (Å²) in [6, 6.07) is 9.63. The Hall–Kier alpha value is -0.860. The molecule has 0 bridgehead atoms. The average Bonchev–Trinajstić information content (AvgIpc) is 2.29. The zero-order chi connectivity index (χ0) is 13.0. The number of hydrogen-bond acceptors (Lipinski definition) is 2. The standard InChI is InChI=1S/C16H25NO/c1-12-3-5-14(6-4-12)15-9-16(10-15)17-11-13(2)7-8-18/h3-6,13,15-18H,7-11H2,1-2H3. The molecule has 1 aromatic rings. The van der Waals surface area contributed by atoms with Crippen molar-refractivity contribution >= 4 is 0 Å². The summed E-state index contributed by atoms with van der Waals surface area (Å²) in [7, 11) is 0. The summed E-state index contributed by atoms with van der Waals surface area (Å²) in [6.45, 7) is 5.67. The summed E-state index contributed by atoms with van der Waals surface area (Å²) in [5, 5.41) is 12.5. The largest absolute Gasteiger partial charge is 0.396 e. The van der Waals surface area contributed by atoms with Gasteiger partial charge >= 0.3 is 0 Å². The summed E-state index contributed by atoms with van der Waals surface area (Å²) in [6.07, 6.45) is 3.42. The van der Waals surface area contributed by atoms with Crippen molar-refractivity contribution in [1.82, 2.24) is 5.32 Å². The molecule has 1 aliphatic carbocycles. The summed E-state index contributed by atoms with van der Waals surface area (Å²) in [4.78, 5) is 0. The molecule has 2 rings (SSSR count). The van der Waals surface area contributed by atoms with Gasteiger partial charge in [0.25, 0.3) is 0 Å². The predicted molar refractivity (Wildman–Crippen MR) is 75.8 cm³/mol. The first kappa shape index (κ1) is 13.6. The van der Waals surface area contributed by atoms with Crippen molar-refractivity contribution in [2.75, 3.05) is 13.2 Å². The lowest BCUT2D eigenvalue weighted by atomic mass is 9.75. The molecule has 0 aliphatic heterocycles. The number of aliphatic hydroxyl groups is 1. The second kappa shape index (κ2) is 6.35. The second-order valence-electron chi connectivity index (χ2n) is 5.80. The van der Waals surface area contributed by atoms with Crippen LogP contribution in [0.3, 0.4) is 0 Å². The van der Waals surface area contributed by atoms with Gasteiger partial charge in [-0.3, -0.25) is 0 Å². The molecule has 18 heavy (non-hydrogen) atoms. The molecule has 0 radical (unpaired) electrons. The molecule has 1 aromatic carbocycles. The summed E-state index contributed by atoms with van der Waals surface area (Å²) in [5.41, 5.74) is 2.83. The zero-order valence-corrected chi connectivity index (χ0v) is 11.5. The van der Waals surface area contributed by atoms with Gasteiger partial charge in [-0.15, -0.1) is 0 Å². The van der Waals surface area contributed by atoms with Crippen LogP contribution in [-0.2, 0) is 0 Å². The van der Waals surface area contributed by atoms with Gasteiger partial charge in [-0.25, -0.2) is 0 Å². The first-order valence-electron chi connectivity index (χ1n) is 7.10. The SMILES string of the molecule is Cc1ccc(C2CC(NCC(C)CCO)C2)cc1. The first-order valence-corrected chi connectivity index (χ1v) is 7.10. The van der Waals surface area contributed by atoms with Crippen LogP contribution in [0, 0.1) is 12.8 Å². The fraction of sp³-hybridized carbons (Fsp3) is 0.625. The summed E-state index contributed by atoms with van der Waals surface area (Å²) in [5.74, 6) is 1.32. The van der Waals surface area contributed by atoms with Crippen molar-refractivity contribution in [3.8, 4) is 0 Å². The van der Waals surface area contributed by atoms with E-state index in [9.17, 15) is 0 Å². The Morgan fingerprint density at radius 1 is 1.28 bits per heavy atom. The van der Waals surface area contributed by atoms with Crippen LogP contribution in [-0.4, -0.2) is 24.3 Å². The van der Waals surface area contributed by atoms with Gasteiger partial charge in [0.05, 0.1) is 0 Å². The number of aryl methyl sites for hydroxylation is 1. The highest BCUT2D eigenvalue weighted by Gasteiger charge is 2.29. The number of hydrogen-bond donors (Lipinski definition) is 2. The first-order chi connectivity index (χ1) is 8.69. The molecule has 0 spiro atoms. The molecule has 1 fully saturated rings. The molecule has 1 unspecified atom stereocenters. The van der Waals surface area contributed by atoms with Crippen molar-refractivity contribution in [3.63, 3.8) is 0 Å². The van der Waals surface area contributed by atoms with Crippen molar-refractivity contribution in [2.45, 2.75) is 45.1 Å². The third-order valence-corrected chi connectivity index (χ3v) is 4.06. The van der Waals surface area contributed by atoms with Gasteiger partial charge in [-0.2, -0.15) is 0 Å². The molecule has 2 N–H and O–H groups in total. The smallest absolute Gasteiger partial charge is 0.0434 e. The third-order valence-electron chi connectivity index (χ3n) is 4.06. The number of nitrogens with one attached hydrogen (secondary N) is 1. The van der Waals surface area contributed by atoms with E-state index in [4.69, 9.17) is 5.11 Å². The minimum atomic E-state index is 0.305. The Bertz CT molecular complexity index is 354. The lowest BCUT2D eigenvalue weighted by Crippen LogP contribution is -2.42. The molecule has 1 aliphatic rings. The lowest BCUT2D eigenvalue weighted by Gasteiger charge is -2.37. The Labute approximate surface area is 110 Å². The van der Waals surface area contributed by atoms with Crippen molar-refractivity contribution in [1.29, 1.82) is 0 Å². The molecule has 0 amide bonds. The van der Waals surface area contributed by atoms with Crippen LogP contribution in [0.5, 0.6) is 0 Å². The Morgan fingerprint density at radius 2 is 1.94 bits per heavy atom. The van der Waals surface area contributed by atoms with E-state index >= 15 is 0 Å². The van der Waals surface area contributed by atoms with Gasteiger partial charge < -0.3 is 10.4 Å². The minimum Gasteiger partial charge on any atom is -0.396 e. The molecule has 0 saturated heterocycles. The maximum Gasteiger partial charge on any atom is 0.0434 e. The minimum absolute atomic E-state index is 0.305. The van der Waals surface area contributed by atoms with E-state index in [0.29, 0.717) is 18.6 Å². The third kappa shape index (κ3) is 3.56. The monoisotopic (exact) mass is 247 g/mol. The van der Waals surface area contributed by atoms with Gasteiger partial charge in [0.15, 0.2) is 0 Å². The van der Waals surface area contributed by atoms with Crippen molar-refractivity contribution < 1.29 is 5.11 Å². The summed E-state index contributed by atoms with van der Waals surface area (Å²) < 4.78 is 0. The van der Waals surface area contributed by atoms with Crippen LogP contribution in [0.4, 0.5) is 0 Å². The Morgan fingerprint density at radius 3 is 2.56 bits per heavy atom. The fourth-order valence-corrected chi connectivity index (χ4v) is 2.59. The number of aliphatic hydroxyl groups excluding tert-OH is 1. The molecule has 2 nitrogen and oxygen atoms in total. The van der Waals surface area contributed by atoms with E-state index in [1.54, 1.807) is 0 Å². The van der Waals surface area contributed by atoms with Crippen LogP contribution in [0.25, 0.3) is 0 Å². The van der Waals surface area contributed by atoms with E-state index in [1.165, 1.54) is 24.0 Å². The van der Waals surface area contributed by atoms with Crippen molar-refractivity contribution in [2.24, 2.45) is 5.92 Å². The molecular formula is C16H25NO. The normalized spacial score (nSPS) is 24.6. The molecule has 2 heteroatoms. The second-order valence-corrected chi connectivity index (χ2v) is 5.80. The van der Waals surface area contributed by atoms with Gasteiger partial charge in [0, 0.05) is 12.6 Å². The van der Waals surface area contributed by atoms with E-state index in [0.717, 1.165) is 18.9 Å². The van der Waals surface area contributed by atoms with Crippen LogP contribution >= 0.6 is 0 Å². The highest BCUT2D eigenvalue weighted by Crippen LogP contribution is 2.36. The molecule has 0 aromatic heterocycles. The molecule has 1 atom stereocenters. The highest BCUT2D eigenvalue weighted by molar-refractivity contribution is 5.26. The molecular weight excluding hydrogens is 222 g/mol. The maximum absolute atomic E-state index is 8.86. The Balaban J connectivity index is 1.69. The van der Waals surface area contributed by atoms with Crippen LogP contribution < -0.4 is 5.32 Å². The Kier molecular flexibility index (Phi) is 4.79. The van der Waals surface area contributed by atoms with E-state index in [2.05, 4.69) is 43.4 Å². The zero-order valence-electron chi connectivity index (χ0n) is 11.5. The molecule has 100 valence electrons. The highest BCUT2D eigenvalue weighted by atomic mass is 16.3. The van der Waals surface area contributed by atoms with Gasteiger partial charge in [-0.1, -0.05) is 36.8 Å². The van der Waals surface area contributed by atoms with Crippen molar-refractivity contribution in [3.05, 3.63) is 35.4 Å².